The molecule has 6 heteroatoms. The molecule has 0 unspecified atom stereocenters. The predicted octanol–water partition coefficient (Wildman–Crippen LogP) is 3.71. The van der Waals surface area contributed by atoms with Crippen LogP contribution < -0.4 is 10.1 Å². The van der Waals surface area contributed by atoms with Crippen LogP contribution in [0.4, 0.5) is 0 Å². The number of ether oxygens (including phenoxy) is 2. The fraction of sp³-hybridized carbons (Fsp3) is 0.455. The Balaban J connectivity index is 1.72. The van der Waals surface area contributed by atoms with E-state index in [0.29, 0.717) is 5.56 Å². The molecule has 1 amide bonds. The zero-order valence-electron chi connectivity index (χ0n) is 17.0. The summed E-state index contributed by atoms with van der Waals surface area (Å²) in [6.07, 6.45) is 3.44. The summed E-state index contributed by atoms with van der Waals surface area (Å²) in [6.45, 7) is 5.42. The smallest absolute Gasteiger partial charge is 0.340 e. The van der Waals surface area contributed by atoms with Crippen LogP contribution in [0.2, 0.25) is 0 Å². The van der Waals surface area contributed by atoms with Gasteiger partial charge in [-0.25, -0.2) is 4.79 Å². The molecule has 1 aliphatic rings. The minimum Gasteiger partial charge on any atom is -0.497 e. The van der Waals surface area contributed by atoms with Crippen molar-refractivity contribution >= 4 is 11.9 Å². The Morgan fingerprint density at radius 2 is 1.79 bits per heavy atom. The molecule has 0 spiro atoms. The van der Waals surface area contributed by atoms with Crippen LogP contribution in [0, 0.1) is 13.8 Å². The summed E-state index contributed by atoms with van der Waals surface area (Å²) in [4.78, 5) is 25.0. The lowest BCUT2D eigenvalue weighted by molar-refractivity contribution is -0.129. The lowest BCUT2D eigenvalue weighted by Crippen LogP contribution is -2.40. The Hall–Kier alpha value is -2.76. The van der Waals surface area contributed by atoms with Crippen molar-refractivity contribution in [2.45, 2.75) is 58.6 Å². The van der Waals surface area contributed by atoms with Crippen LogP contribution in [0.5, 0.6) is 5.75 Å². The number of hydrogen-bond acceptors (Lipinski definition) is 4. The van der Waals surface area contributed by atoms with Crippen LogP contribution in [-0.4, -0.2) is 35.7 Å². The largest absolute Gasteiger partial charge is 0.497 e. The average Bonchev–Trinajstić information content (AvgIpc) is 3.29. The van der Waals surface area contributed by atoms with Gasteiger partial charge in [0.1, 0.15) is 5.75 Å². The third-order valence-electron chi connectivity index (χ3n) is 5.34. The number of nitrogens with one attached hydrogen (secondary N) is 1. The number of carbonyl (C=O) groups is 2. The maximum absolute atomic E-state index is 12.7. The van der Waals surface area contributed by atoms with Gasteiger partial charge in [0.05, 0.1) is 12.7 Å². The van der Waals surface area contributed by atoms with Gasteiger partial charge in [-0.2, -0.15) is 0 Å². The van der Waals surface area contributed by atoms with Gasteiger partial charge in [0, 0.05) is 23.1 Å². The summed E-state index contributed by atoms with van der Waals surface area (Å²) >= 11 is 0. The number of benzene rings is 1. The Labute approximate surface area is 165 Å². The number of carbonyl (C=O) groups excluding carboxylic acids is 2. The van der Waals surface area contributed by atoms with Gasteiger partial charge in [-0.1, -0.05) is 12.8 Å². The number of amides is 1. The molecule has 0 bridgehead atoms. The van der Waals surface area contributed by atoms with Gasteiger partial charge in [0.25, 0.3) is 5.91 Å². The third-order valence-corrected chi connectivity index (χ3v) is 5.34. The highest BCUT2D eigenvalue weighted by molar-refractivity contribution is 5.93. The van der Waals surface area contributed by atoms with Crippen LogP contribution in [0.1, 0.15) is 54.4 Å². The van der Waals surface area contributed by atoms with E-state index in [9.17, 15) is 9.59 Å². The van der Waals surface area contributed by atoms with Gasteiger partial charge in [-0.05, 0) is 63.9 Å². The molecule has 28 heavy (non-hydrogen) atoms. The molecule has 1 N–H and O–H groups in total. The molecule has 1 aliphatic carbocycles. The number of hydrogen-bond donors (Lipinski definition) is 1. The SMILES string of the molecule is COc1ccc(-n2c(C)cc(C(=O)O[C@H](C)C(=O)NC3CCCC3)c2C)cc1. The molecular weight excluding hydrogens is 356 g/mol. The molecule has 1 aromatic carbocycles. The molecule has 1 saturated carbocycles. The number of esters is 1. The zero-order chi connectivity index (χ0) is 20.3. The minimum absolute atomic E-state index is 0.203. The Morgan fingerprint density at radius 1 is 1.14 bits per heavy atom. The molecular formula is C22H28N2O4. The molecule has 1 heterocycles. The lowest BCUT2D eigenvalue weighted by Gasteiger charge is -2.17. The van der Waals surface area contributed by atoms with E-state index in [0.717, 1.165) is 48.5 Å². The van der Waals surface area contributed by atoms with Crippen molar-refractivity contribution in [2.75, 3.05) is 7.11 Å². The Kier molecular flexibility index (Phi) is 6.07. The zero-order valence-corrected chi connectivity index (χ0v) is 17.0. The van der Waals surface area contributed by atoms with Crippen molar-refractivity contribution in [3.05, 3.63) is 47.3 Å². The summed E-state index contributed by atoms with van der Waals surface area (Å²) in [5.41, 5.74) is 3.09. The second-order valence-corrected chi connectivity index (χ2v) is 7.36. The normalized spacial score (nSPS) is 15.3. The molecule has 0 radical (unpaired) electrons. The van der Waals surface area contributed by atoms with Gasteiger partial charge in [-0.15, -0.1) is 0 Å². The summed E-state index contributed by atoms with van der Waals surface area (Å²) in [6, 6.07) is 9.62. The van der Waals surface area contributed by atoms with E-state index in [4.69, 9.17) is 9.47 Å². The third kappa shape index (κ3) is 4.21. The quantitative estimate of drug-likeness (QED) is 0.771. The van der Waals surface area contributed by atoms with Crippen LogP contribution in [-0.2, 0) is 9.53 Å². The molecule has 1 atom stereocenters. The highest BCUT2D eigenvalue weighted by Crippen LogP contribution is 2.24. The number of aromatic nitrogens is 1. The van der Waals surface area contributed by atoms with E-state index in [1.165, 1.54) is 0 Å². The van der Waals surface area contributed by atoms with Gasteiger partial charge >= 0.3 is 5.97 Å². The molecule has 150 valence electrons. The molecule has 1 aromatic heterocycles. The van der Waals surface area contributed by atoms with Crippen LogP contribution >= 0.6 is 0 Å². The monoisotopic (exact) mass is 384 g/mol. The maximum Gasteiger partial charge on any atom is 0.340 e. The molecule has 6 nitrogen and oxygen atoms in total. The van der Waals surface area contributed by atoms with Gasteiger partial charge in [-0.3, -0.25) is 4.79 Å². The second-order valence-electron chi connectivity index (χ2n) is 7.36. The van der Waals surface area contributed by atoms with Crippen molar-refractivity contribution in [3.8, 4) is 11.4 Å². The first-order chi connectivity index (χ1) is 13.4. The number of aryl methyl sites for hydroxylation is 1. The fourth-order valence-corrected chi connectivity index (χ4v) is 3.76. The maximum atomic E-state index is 12.7. The van der Waals surface area contributed by atoms with Crippen LogP contribution in [0.25, 0.3) is 5.69 Å². The van der Waals surface area contributed by atoms with E-state index in [1.807, 2.05) is 42.7 Å². The average molecular weight is 384 g/mol. The van der Waals surface area contributed by atoms with E-state index in [-0.39, 0.29) is 11.9 Å². The number of rotatable bonds is 6. The van der Waals surface area contributed by atoms with E-state index in [1.54, 1.807) is 20.1 Å². The summed E-state index contributed by atoms with van der Waals surface area (Å²) in [5, 5.41) is 2.97. The number of methoxy groups -OCH3 is 1. The van der Waals surface area contributed by atoms with Crippen molar-refractivity contribution in [2.24, 2.45) is 0 Å². The predicted molar refractivity (Wildman–Crippen MR) is 107 cm³/mol. The summed E-state index contributed by atoms with van der Waals surface area (Å²) in [5.74, 6) is 0.0547. The van der Waals surface area contributed by atoms with Gasteiger partial charge in [0.15, 0.2) is 6.10 Å². The lowest BCUT2D eigenvalue weighted by atomic mass is 10.2. The highest BCUT2D eigenvalue weighted by Gasteiger charge is 2.25. The molecule has 0 aliphatic heterocycles. The Morgan fingerprint density at radius 3 is 2.39 bits per heavy atom. The van der Waals surface area contributed by atoms with E-state index in [2.05, 4.69) is 5.32 Å². The van der Waals surface area contributed by atoms with Gasteiger partial charge in [0.2, 0.25) is 0 Å². The molecule has 1 fully saturated rings. The topological polar surface area (TPSA) is 69.6 Å². The van der Waals surface area contributed by atoms with Crippen molar-refractivity contribution in [1.29, 1.82) is 0 Å². The van der Waals surface area contributed by atoms with Crippen molar-refractivity contribution in [3.63, 3.8) is 0 Å². The van der Waals surface area contributed by atoms with Crippen molar-refractivity contribution < 1.29 is 19.1 Å². The second kappa shape index (κ2) is 8.50. The van der Waals surface area contributed by atoms with Crippen LogP contribution in [0.3, 0.4) is 0 Å². The fourth-order valence-electron chi connectivity index (χ4n) is 3.76. The molecule has 3 rings (SSSR count). The Bertz CT molecular complexity index is 848. The van der Waals surface area contributed by atoms with E-state index >= 15 is 0 Å². The summed E-state index contributed by atoms with van der Waals surface area (Å²) in [7, 11) is 1.62. The first kappa shape index (κ1) is 20.0. The summed E-state index contributed by atoms with van der Waals surface area (Å²) < 4.78 is 12.6. The molecule has 0 saturated heterocycles. The van der Waals surface area contributed by atoms with Crippen LogP contribution in [0.15, 0.2) is 30.3 Å². The minimum atomic E-state index is -0.822. The number of nitrogens with zero attached hydrogens (tertiary/aromatic N) is 1. The van der Waals surface area contributed by atoms with E-state index < -0.39 is 12.1 Å². The van der Waals surface area contributed by atoms with Gasteiger partial charge < -0.3 is 19.4 Å². The standard InChI is InChI=1S/C22H28N2O4/c1-14-13-20(15(2)24(14)18-9-11-19(27-4)12-10-18)22(26)28-16(3)21(25)23-17-7-5-6-8-17/h9-13,16-17H,5-8H2,1-4H3,(H,23,25)/t16-/m1/s1. The highest BCUT2D eigenvalue weighted by atomic mass is 16.5. The first-order valence-electron chi connectivity index (χ1n) is 9.75. The first-order valence-corrected chi connectivity index (χ1v) is 9.75. The van der Waals surface area contributed by atoms with Crippen molar-refractivity contribution in [1.82, 2.24) is 9.88 Å². The molecule has 2 aromatic rings.